The van der Waals surface area contributed by atoms with Gasteiger partial charge < -0.3 is 15.2 Å². The molecule has 0 aliphatic heterocycles. The van der Waals surface area contributed by atoms with Crippen LogP contribution >= 0.6 is 15.9 Å². The van der Waals surface area contributed by atoms with Crippen LogP contribution in [0.4, 0.5) is 0 Å². The van der Waals surface area contributed by atoms with Gasteiger partial charge in [0, 0.05) is 10.9 Å². The molecule has 0 aliphatic rings. The van der Waals surface area contributed by atoms with E-state index in [0.29, 0.717) is 6.61 Å². The topological polar surface area (TPSA) is 75.6 Å². The minimum Gasteiger partial charge on any atom is -0.480 e. The van der Waals surface area contributed by atoms with Gasteiger partial charge in [-0.15, -0.1) is 0 Å². The van der Waals surface area contributed by atoms with Gasteiger partial charge in [-0.25, -0.2) is 4.79 Å². The quantitative estimate of drug-likeness (QED) is 0.725. The highest BCUT2D eigenvalue weighted by Crippen LogP contribution is 2.17. The fraction of sp³-hybridized carbons (Fsp3) is 0.222. The molecule has 0 unspecified atom stereocenters. The first kappa shape index (κ1) is 18.2. The van der Waals surface area contributed by atoms with Gasteiger partial charge in [-0.1, -0.05) is 64.5 Å². The Morgan fingerprint density at radius 3 is 2.42 bits per heavy atom. The number of nitrogens with one attached hydrogen (secondary N) is 1. The zero-order chi connectivity index (χ0) is 17.4. The van der Waals surface area contributed by atoms with Crippen molar-refractivity contribution >= 4 is 27.8 Å². The predicted octanol–water partition coefficient (Wildman–Crippen LogP) is 2.78. The van der Waals surface area contributed by atoms with Gasteiger partial charge in [0.25, 0.3) is 0 Å². The minimum atomic E-state index is -1.08. The number of hydrogen-bond donors (Lipinski definition) is 2. The zero-order valence-corrected chi connectivity index (χ0v) is 14.5. The number of carboxylic acid groups (broad SMARTS) is 1. The number of amides is 1. The molecule has 1 atom stereocenters. The van der Waals surface area contributed by atoms with E-state index < -0.39 is 17.9 Å². The second-order valence-electron chi connectivity index (χ2n) is 5.23. The highest BCUT2D eigenvalue weighted by atomic mass is 79.9. The molecule has 2 N–H and O–H groups in total. The van der Waals surface area contributed by atoms with Gasteiger partial charge in [0.15, 0.2) is 0 Å². The van der Waals surface area contributed by atoms with Crippen LogP contribution in [0.2, 0.25) is 0 Å². The summed E-state index contributed by atoms with van der Waals surface area (Å²) in [4.78, 5) is 23.3. The molecule has 126 valence electrons. The van der Waals surface area contributed by atoms with Crippen molar-refractivity contribution in [2.45, 2.75) is 19.1 Å². The number of carbonyl (C=O) groups excluding carboxylic acids is 1. The van der Waals surface area contributed by atoms with Gasteiger partial charge in [0.05, 0.1) is 6.61 Å². The summed E-state index contributed by atoms with van der Waals surface area (Å²) in [6.07, 6.45) is 0.196. The average Bonchev–Trinajstić information content (AvgIpc) is 2.57. The number of ether oxygens (including phenoxy) is 1. The van der Waals surface area contributed by atoms with Crippen LogP contribution in [0.15, 0.2) is 59.1 Å². The lowest BCUT2D eigenvalue weighted by atomic mass is 10.1. The van der Waals surface area contributed by atoms with E-state index in [-0.39, 0.29) is 13.0 Å². The van der Waals surface area contributed by atoms with Crippen LogP contribution in [0.3, 0.4) is 0 Å². The van der Waals surface area contributed by atoms with Gasteiger partial charge in [-0.2, -0.15) is 0 Å². The van der Waals surface area contributed by atoms with Crippen LogP contribution in [0.5, 0.6) is 0 Å². The van der Waals surface area contributed by atoms with Crippen LogP contribution in [-0.4, -0.2) is 29.6 Å². The highest BCUT2D eigenvalue weighted by molar-refractivity contribution is 9.10. The molecule has 0 aliphatic carbocycles. The third-order valence-corrected chi connectivity index (χ3v) is 4.13. The molecule has 2 aromatic rings. The Kier molecular flexibility index (Phi) is 6.96. The summed E-state index contributed by atoms with van der Waals surface area (Å²) in [5.74, 6) is -1.53. The van der Waals surface area contributed by atoms with E-state index in [2.05, 4.69) is 21.2 Å². The van der Waals surface area contributed by atoms with Crippen molar-refractivity contribution in [3.63, 3.8) is 0 Å². The smallest absolute Gasteiger partial charge is 0.326 e. The minimum absolute atomic E-state index is 0.186. The van der Waals surface area contributed by atoms with Gasteiger partial charge in [0.1, 0.15) is 12.6 Å². The van der Waals surface area contributed by atoms with E-state index in [1.807, 2.05) is 54.6 Å². The fourth-order valence-electron chi connectivity index (χ4n) is 2.16. The molecular formula is C18H18BrNO4. The number of benzene rings is 2. The van der Waals surface area contributed by atoms with Crippen LogP contribution in [0.1, 0.15) is 11.1 Å². The van der Waals surface area contributed by atoms with Crippen LogP contribution in [0, 0.1) is 0 Å². The average molecular weight is 392 g/mol. The summed E-state index contributed by atoms with van der Waals surface area (Å²) < 4.78 is 6.13. The molecule has 0 spiro atoms. The van der Waals surface area contributed by atoms with E-state index in [1.165, 1.54) is 0 Å². The Hall–Kier alpha value is -2.18. The molecule has 0 saturated carbocycles. The molecule has 0 aromatic heterocycles. The Bertz CT molecular complexity index is 690. The number of halogens is 1. The lowest BCUT2D eigenvalue weighted by Crippen LogP contribution is -2.43. The molecule has 6 heteroatoms. The number of hydrogen-bond acceptors (Lipinski definition) is 3. The monoisotopic (exact) mass is 391 g/mol. The molecule has 0 bridgehead atoms. The summed E-state index contributed by atoms with van der Waals surface area (Å²) >= 11 is 3.38. The normalized spacial score (nSPS) is 11.7. The van der Waals surface area contributed by atoms with Crippen molar-refractivity contribution in [3.05, 3.63) is 70.2 Å². The van der Waals surface area contributed by atoms with E-state index >= 15 is 0 Å². The Balaban J connectivity index is 1.85. The Labute approximate surface area is 148 Å². The second kappa shape index (κ2) is 9.20. The standard InChI is InChI=1S/C18H18BrNO4/c19-15-9-5-4-8-14(15)10-16(18(22)23)20-17(21)12-24-11-13-6-2-1-3-7-13/h1-9,16H,10-12H2,(H,20,21)(H,22,23)/t16-/m1/s1. The van der Waals surface area contributed by atoms with Gasteiger partial charge in [0.2, 0.25) is 5.91 Å². The molecule has 0 radical (unpaired) electrons. The molecule has 5 nitrogen and oxygen atoms in total. The summed E-state index contributed by atoms with van der Waals surface area (Å²) in [7, 11) is 0. The lowest BCUT2D eigenvalue weighted by Gasteiger charge is -2.15. The third kappa shape index (κ3) is 5.79. The highest BCUT2D eigenvalue weighted by Gasteiger charge is 2.21. The van der Waals surface area contributed by atoms with Crippen LogP contribution in [0.25, 0.3) is 0 Å². The molecule has 0 fully saturated rings. The SMILES string of the molecule is O=C(COCc1ccccc1)N[C@H](Cc1ccccc1Br)C(=O)O. The molecule has 0 saturated heterocycles. The molecule has 24 heavy (non-hydrogen) atoms. The number of aliphatic carboxylic acids is 1. The second-order valence-corrected chi connectivity index (χ2v) is 6.09. The largest absolute Gasteiger partial charge is 0.480 e. The van der Waals surface area contributed by atoms with Crippen molar-refractivity contribution in [2.75, 3.05) is 6.61 Å². The molecular weight excluding hydrogens is 374 g/mol. The molecule has 1 amide bonds. The van der Waals surface area contributed by atoms with Crippen molar-refractivity contribution < 1.29 is 19.4 Å². The predicted molar refractivity (Wildman–Crippen MR) is 93.5 cm³/mol. The first-order valence-corrected chi connectivity index (χ1v) is 8.23. The van der Waals surface area contributed by atoms with E-state index in [0.717, 1.165) is 15.6 Å². The first-order chi connectivity index (χ1) is 11.6. The lowest BCUT2D eigenvalue weighted by molar-refractivity contribution is -0.142. The van der Waals surface area contributed by atoms with Crippen molar-refractivity contribution in [2.24, 2.45) is 0 Å². The number of rotatable bonds is 8. The van der Waals surface area contributed by atoms with Crippen LogP contribution < -0.4 is 5.32 Å². The summed E-state index contributed by atoms with van der Waals surface area (Å²) in [5, 5.41) is 11.8. The molecule has 2 aromatic carbocycles. The van der Waals surface area contributed by atoms with Gasteiger partial charge in [-0.05, 0) is 17.2 Å². The fourth-order valence-corrected chi connectivity index (χ4v) is 2.60. The zero-order valence-electron chi connectivity index (χ0n) is 12.9. The van der Waals surface area contributed by atoms with Crippen molar-refractivity contribution in [3.8, 4) is 0 Å². The number of carboxylic acids is 1. The van der Waals surface area contributed by atoms with Crippen molar-refractivity contribution in [1.82, 2.24) is 5.32 Å². The third-order valence-electron chi connectivity index (χ3n) is 3.36. The van der Waals surface area contributed by atoms with Crippen molar-refractivity contribution in [1.29, 1.82) is 0 Å². The van der Waals surface area contributed by atoms with E-state index in [9.17, 15) is 14.7 Å². The summed E-state index contributed by atoms with van der Waals surface area (Å²) in [6, 6.07) is 15.8. The molecule has 2 rings (SSSR count). The van der Waals surface area contributed by atoms with Crippen LogP contribution in [-0.2, 0) is 27.4 Å². The maximum Gasteiger partial charge on any atom is 0.326 e. The summed E-state index contributed by atoms with van der Waals surface area (Å²) in [5.41, 5.74) is 1.77. The first-order valence-electron chi connectivity index (χ1n) is 7.43. The number of carbonyl (C=O) groups is 2. The summed E-state index contributed by atoms with van der Waals surface area (Å²) in [6.45, 7) is 0.116. The maximum atomic E-state index is 11.9. The Morgan fingerprint density at radius 1 is 1.08 bits per heavy atom. The van der Waals surface area contributed by atoms with Gasteiger partial charge in [-0.3, -0.25) is 4.79 Å². The van der Waals surface area contributed by atoms with E-state index in [4.69, 9.17) is 4.74 Å². The molecule has 0 heterocycles. The van der Waals surface area contributed by atoms with E-state index in [1.54, 1.807) is 0 Å². The maximum absolute atomic E-state index is 11.9. The Morgan fingerprint density at radius 2 is 1.75 bits per heavy atom. The van der Waals surface area contributed by atoms with Gasteiger partial charge >= 0.3 is 5.97 Å².